The van der Waals surface area contributed by atoms with Gasteiger partial charge >= 0.3 is 11.9 Å². The van der Waals surface area contributed by atoms with Gasteiger partial charge in [0.05, 0.1) is 34.3 Å². The topological polar surface area (TPSA) is 85.4 Å². The predicted molar refractivity (Wildman–Crippen MR) is 124 cm³/mol. The lowest BCUT2D eigenvalue weighted by atomic mass is 10.0. The van der Waals surface area contributed by atoms with E-state index in [1.807, 2.05) is 0 Å². The van der Waals surface area contributed by atoms with Gasteiger partial charge in [0, 0.05) is 10.5 Å². The van der Waals surface area contributed by atoms with Crippen LogP contribution in [0.4, 0.5) is 18.9 Å². The summed E-state index contributed by atoms with van der Waals surface area (Å²) in [6.45, 7) is 0. The minimum absolute atomic E-state index is 0.0344. The van der Waals surface area contributed by atoms with Crippen molar-refractivity contribution in [3.8, 4) is 23.3 Å². The van der Waals surface area contributed by atoms with E-state index in [9.17, 15) is 28.5 Å². The Bertz CT molecular complexity index is 1320. The van der Waals surface area contributed by atoms with Gasteiger partial charge in [-0.05, 0) is 53.6 Å². The number of ether oxygens (including phenoxy) is 2. The molecule has 0 bridgehead atoms. The number of halogens is 5. The zero-order chi connectivity index (χ0) is 25.0. The average Bonchev–Trinajstić information content (AvgIpc) is 2.78. The van der Waals surface area contributed by atoms with Crippen LogP contribution in [-0.2, 0) is 6.18 Å². The Morgan fingerprint density at radius 1 is 1.15 bits per heavy atom. The highest BCUT2D eigenvalue weighted by atomic mass is 79.9. The molecule has 0 unspecified atom stereocenters. The van der Waals surface area contributed by atoms with Crippen LogP contribution in [0.3, 0.4) is 0 Å². The molecule has 0 radical (unpaired) electrons. The van der Waals surface area contributed by atoms with Crippen molar-refractivity contribution in [3.63, 3.8) is 0 Å². The summed E-state index contributed by atoms with van der Waals surface area (Å²) < 4.78 is 50.5. The van der Waals surface area contributed by atoms with Crippen LogP contribution in [0.2, 0.25) is 5.02 Å². The van der Waals surface area contributed by atoms with Crippen LogP contribution in [0, 0.1) is 21.4 Å². The monoisotopic (exact) mass is 552 g/mol. The number of nitriles is 1. The number of alkyl halides is 3. The first-order valence-corrected chi connectivity index (χ1v) is 10.5. The Hall–Kier alpha value is -3.55. The summed E-state index contributed by atoms with van der Waals surface area (Å²) in [6, 6.07) is 14.0. The van der Waals surface area contributed by atoms with Gasteiger partial charge in [-0.1, -0.05) is 39.7 Å². The number of allylic oxidation sites excluding steroid dienone is 1. The fraction of sp³-hybridized carbons (Fsp3) is 0.0870. The van der Waals surface area contributed by atoms with E-state index in [0.717, 1.165) is 10.5 Å². The first-order chi connectivity index (χ1) is 16.0. The van der Waals surface area contributed by atoms with E-state index in [2.05, 4.69) is 22.0 Å². The van der Waals surface area contributed by atoms with Gasteiger partial charge in [-0.3, -0.25) is 10.1 Å². The first-order valence-electron chi connectivity index (χ1n) is 9.32. The van der Waals surface area contributed by atoms with Crippen LogP contribution >= 0.6 is 27.5 Å². The van der Waals surface area contributed by atoms with E-state index < -0.39 is 28.1 Å². The summed E-state index contributed by atoms with van der Waals surface area (Å²) in [7, 11) is 1.30. The average molecular weight is 554 g/mol. The summed E-state index contributed by atoms with van der Waals surface area (Å²) >= 11 is 9.65. The molecule has 0 aromatic heterocycles. The molecule has 0 aliphatic rings. The molecule has 0 amide bonds. The molecule has 6 nitrogen and oxygen atoms in total. The summed E-state index contributed by atoms with van der Waals surface area (Å²) in [5.74, 6) is -0.526. The SMILES string of the molecule is COc1cc(/C=C(\C#N)c2ccc(Br)cc2)cc(Cl)c1Oc1ccc(C(F)(F)F)cc1[N+](=O)[O-]. The van der Waals surface area contributed by atoms with Crippen LogP contribution in [0.5, 0.6) is 17.2 Å². The smallest absolute Gasteiger partial charge is 0.416 e. The standard InChI is InChI=1S/C23H13BrClF3N2O4/c1-33-21-10-13(8-15(12-29)14-2-5-17(24)6-3-14)9-18(25)22(21)34-20-7-4-16(23(26,27)28)11-19(20)30(31)32/h2-11H,1H3/b15-8+. The van der Waals surface area contributed by atoms with E-state index in [-0.39, 0.29) is 16.5 Å². The molecule has 0 N–H and O–H groups in total. The maximum atomic E-state index is 13.0. The number of hydrogen-bond donors (Lipinski definition) is 0. The molecule has 0 saturated heterocycles. The van der Waals surface area contributed by atoms with Gasteiger partial charge in [0.1, 0.15) is 0 Å². The van der Waals surface area contributed by atoms with Crippen molar-refractivity contribution >= 4 is 44.9 Å². The molecule has 0 saturated carbocycles. The second-order valence-corrected chi connectivity index (χ2v) is 8.07. The highest BCUT2D eigenvalue weighted by Crippen LogP contribution is 2.44. The van der Waals surface area contributed by atoms with Crippen molar-refractivity contribution in [2.45, 2.75) is 6.18 Å². The van der Waals surface area contributed by atoms with Gasteiger partial charge in [-0.25, -0.2) is 0 Å². The highest BCUT2D eigenvalue weighted by molar-refractivity contribution is 9.10. The van der Waals surface area contributed by atoms with Crippen LogP contribution in [0.25, 0.3) is 11.6 Å². The van der Waals surface area contributed by atoms with Gasteiger partial charge in [0.25, 0.3) is 0 Å². The van der Waals surface area contributed by atoms with Gasteiger partial charge < -0.3 is 9.47 Å². The van der Waals surface area contributed by atoms with Crippen LogP contribution in [-0.4, -0.2) is 12.0 Å². The second-order valence-electron chi connectivity index (χ2n) is 6.75. The quantitative estimate of drug-likeness (QED) is 0.134. The third-order valence-corrected chi connectivity index (χ3v) is 5.34. The molecule has 11 heteroatoms. The molecule has 3 rings (SSSR count). The number of rotatable bonds is 6. The number of nitrogens with zero attached hydrogens (tertiary/aromatic N) is 2. The second kappa shape index (κ2) is 10.2. The van der Waals surface area contributed by atoms with Crippen LogP contribution in [0.1, 0.15) is 16.7 Å². The molecule has 0 atom stereocenters. The zero-order valence-electron chi connectivity index (χ0n) is 17.2. The zero-order valence-corrected chi connectivity index (χ0v) is 19.5. The van der Waals surface area contributed by atoms with Gasteiger partial charge in [0.2, 0.25) is 5.75 Å². The summed E-state index contributed by atoms with van der Waals surface area (Å²) in [5, 5.41) is 20.9. The number of hydrogen-bond acceptors (Lipinski definition) is 5. The summed E-state index contributed by atoms with van der Waals surface area (Å²) in [4.78, 5) is 10.4. The molecule has 0 spiro atoms. The van der Waals surface area contributed by atoms with Crippen molar-refractivity contribution in [1.29, 1.82) is 5.26 Å². The normalized spacial score (nSPS) is 11.6. The lowest BCUT2D eigenvalue weighted by Crippen LogP contribution is -2.06. The molecule has 0 heterocycles. The number of nitro groups is 1. The Kier molecular flexibility index (Phi) is 7.49. The van der Waals surface area contributed by atoms with E-state index in [4.69, 9.17) is 21.1 Å². The van der Waals surface area contributed by atoms with E-state index in [1.54, 1.807) is 30.3 Å². The van der Waals surface area contributed by atoms with Crippen LogP contribution in [0.15, 0.2) is 59.1 Å². The van der Waals surface area contributed by atoms with Crippen molar-refractivity contribution in [1.82, 2.24) is 0 Å². The Morgan fingerprint density at radius 3 is 2.38 bits per heavy atom. The molecule has 0 aliphatic heterocycles. The highest BCUT2D eigenvalue weighted by Gasteiger charge is 2.33. The third-order valence-electron chi connectivity index (χ3n) is 4.53. The van der Waals surface area contributed by atoms with Gasteiger partial charge in [-0.15, -0.1) is 0 Å². The lowest BCUT2D eigenvalue weighted by Gasteiger charge is -2.14. The molecule has 3 aromatic carbocycles. The Morgan fingerprint density at radius 2 is 1.82 bits per heavy atom. The van der Waals surface area contributed by atoms with Crippen molar-refractivity contribution in [2.75, 3.05) is 7.11 Å². The lowest BCUT2D eigenvalue weighted by molar-refractivity contribution is -0.385. The number of methoxy groups -OCH3 is 1. The molecule has 34 heavy (non-hydrogen) atoms. The molecule has 174 valence electrons. The minimum atomic E-state index is -4.76. The third kappa shape index (κ3) is 5.68. The molecule has 3 aromatic rings. The Labute approximate surface area is 205 Å². The Balaban J connectivity index is 2.03. The molecule has 0 fully saturated rings. The number of nitro benzene ring substituents is 1. The van der Waals surface area contributed by atoms with E-state index in [0.29, 0.717) is 28.8 Å². The molecular weight excluding hydrogens is 541 g/mol. The maximum absolute atomic E-state index is 13.0. The maximum Gasteiger partial charge on any atom is 0.416 e. The predicted octanol–water partition coefficient (Wildman–Crippen LogP) is 7.89. The fourth-order valence-corrected chi connectivity index (χ4v) is 3.45. The molecule has 0 aliphatic carbocycles. The fourth-order valence-electron chi connectivity index (χ4n) is 2.93. The van der Waals surface area contributed by atoms with E-state index in [1.165, 1.54) is 19.2 Å². The van der Waals surface area contributed by atoms with Crippen molar-refractivity contribution < 1.29 is 27.6 Å². The molecular formula is C23H13BrClF3N2O4. The summed E-state index contributed by atoms with van der Waals surface area (Å²) in [6.07, 6.45) is -3.21. The summed E-state index contributed by atoms with van der Waals surface area (Å²) in [5.41, 5.74) is -0.629. The van der Waals surface area contributed by atoms with Crippen LogP contribution < -0.4 is 9.47 Å². The van der Waals surface area contributed by atoms with Gasteiger partial charge in [0.15, 0.2) is 11.5 Å². The minimum Gasteiger partial charge on any atom is -0.493 e. The van der Waals surface area contributed by atoms with E-state index >= 15 is 0 Å². The van der Waals surface area contributed by atoms with Gasteiger partial charge in [-0.2, -0.15) is 18.4 Å². The van der Waals surface area contributed by atoms with Crippen molar-refractivity contribution in [2.24, 2.45) is 0 Å². The van der Waals surface area contributed by atoms with Crippen molar-refractivity contribution in [3.05, 3.63) is 90.9 Å². The number of benzene rings is 3. The largest absolute Gasteiger partial charge is 0.493 e. The first kappa shape index (κ1) is 25.1.